The van der Waals surface area contributed by atoms with Crippen molar-refractivity contribution in [3.05, 3.63) is 59.7 Å². The minimum absolute atomic E-state index is 0.00148. The Bertz CT molecular complexity index is 789. The Kier molecular flexibility index (Phi) is 5.97. The molecule has 0 aromatic heterocycles. The number of benzene rings is 2. The molecule has 0 spiro atoms. The van der Waals surface area contributed by atoms with Crippen LogP contribution in [0.3, 0.4) is 0 Å². The predicted molar refractivity (Wildman–Crippen MR) is 108 cm³/mol. The number of carbonyl (C=O) groups excluding carboxylic acids is 1. The second-order valence-corrected chi connectivity index (χ2v) is 7.26. The van der Waals surface area contributed by atoms with E-state index < -0.39 is 0 Å². The van der Waals surface area contributed by atoms with Gasteiger partial charge in [-0.2, -0.15) is 0 Å². The first-order valence-corrected chi connectivity index (χ1v) is 9.95. The first-order valence-electron chi connectivity index (χ1n) is 9.95. The van der Waals surface area contributed by atoms with E-state index in [2.05, 4.69) is 40.5 Å². The lowest BCUT2D eigenvalue weighted by Gasteiger charge is -2.34. The summed E-state index contributed by atoms with van der Waals surface area (Å²) in [6.07, 6.45) is 2.26. The van der Waals surface area contributed by atoms with E-state index in [4.69, 9.17) is 9.47 Å². The number of amides is 2. The second kappa shape index (κ2) is 8.97. The van der Waals surface area contributed by atoms with Gasteiger partial charge in [-0.1, -0.05) is 36.4 Å². The molecule has 2 aliphatic heterocycles. The number of piperazine rings is 1. The number of aryl methyl sites for hydroxylation is 1. The smallest absolute Gasteiger partial charge is 0.317 e. The molecule has 1 N–H and O–H groups in total. The standard InChI is InChI=1S/C22H27N3O3/c26-22(23-16-19-8-9-20-21(15-19)28-17-27-20)25-13-11-24(12-14-25)10-4-7-18-5-2-1-3-6-18/h1-3,5-6,8-9,15H,4,7,10-14,16-17H2,(H,23,26). The van der Waals surface area contributed by atoms with Crippen LogP contribution >= 0.6 is 0 Å². The van der Waals surface area contributed by atoms with Crippen molar-refractivity contribution < 1.29 is 14.3 Å². The summed E-state index contributed by atoms with van der Waals surface area (Å²) in [5.41, 5.74) is 2.40. The minimum atomic E-state index is 0.00148. The van der Waals surface area contributed by atoms with E-state index in [0.717, 1.165) is 62.6 Å². The monoisotopic (exact) mass is 381 g/mol. The van der Waals surface area contributed by atoms with Gasteiger partial charge in [-0.25, -0.2) is 4.79 Å². The summed E-state index contributed by atoms with van der Waals surface area (Å²) in [6, 6.07) is 16.4. The van der Waals surface area contributed by atoms with Crippen molar-refractivity contribution in [2.45, 2.75) is 19.4 Å². The summed E-state index contributed by atoms with van der Waals surface area (Å²) in [6.45, 7) is 5.27. The van der Waals surface area contributed by atoms with E-state index in [1.54, 1.807) is 0 Å². The van der Waals surface area contributed by atoms with Crippen LogP contribution in [0.15, 0.2) is 48.5 Å². The highest BCUT2D eigenvalue weighted by Gasteiger charge is 2.21. The number of nitrogens with one attached hydrogen (secondary N) is 1. The summed E-state index contributed by atoms with van der Waals surface area (Å²) in [7, 11) is 0. The van der Waals surface area contributed by atoms with Crippen LogP contribution in [-0.2, 0) is 13.0 Å². The molecule has 1 saturated heterocycles. The number of rotatable bonds is 6. The molecule has 148 valence electrons. The molecular formula is C22H27N3O3. The fourth-order valence-electron chi connectivity index (χ4n) is 3.67. The minimum Gasteiger partial charge on any atom is -0.454 e. The van der Waals surface area contributed by atoms with Gasteiger partial charge in [-0.3, -0.25) is 4.90 Å². The van der Waals surface area contributed by atoms with E-state index in [1.807, 2.05) is 23.1 Å². The predicted octanol–water partition coefficient (Wildman–Crippen LogP) is 2.88. The molecule has 28 heavy (non-hydrogen) atoms. The van der Waals surface area contributed by atoms with Gasteiger partial charge in [-0.05, 0) is 42.6 Å². The van der Waals surface area contributed by atoms with Crippen molar-refractivity contribution >= 4 is 6.03 Å². The lowest BCUT2D eigenvalue weighted by atomic mass is 10.1. The average molecular weight is 381 g/mol. The van der Waals surface area contributed by atoms with Crippen LogP contribution in [0, 0.1) is 0 Å². The van der Waals surface area contributed by atoms with Gasteiger partial charge in [0.15, 0.2) is 11.5 Å². The Morgan fingerprint density at radius 3 is 2.54 bits per heavy atom. The van der Waals surface area contributed by atoms with Gasteiger partial charge in [0.1, 0.15) is 0 Å². The molecule has 2 amide bonds. The maximum Gasteiger partial charge on any atom is 0.317 e. The van der Waals surface area contributed by atoms with Crippen molar-refractivity contribution in [1.82, 2.24) is 15.1 Å². The molecule has 4 rings (SSSR count). The molecule has 6 heteroatoms. The Morgan fingerprint density at radius 2 is 1.71 bits per heavy atom. The third-order valence-corrected chi connectivity index (χ3v) is 5.32. The zero-order valence-corrected chi connectivity index (χ0v) is 16.1. The zero-order valence-electron chi connectivity index (χ0n) is 16.1. The molecule has 2 aromatic rings. The average Bonchev–Trinajstić information content (AvgIpc) is 3.21. The molecule has 0 bridgehead atoms. The van der Waals surface area contributed by atoms with Gasteiger partial charge in [0.25, 0.3) is 0 Å². The van der Waals surface area contributed by atoms with E-state index in [9.17, 15) is 4.79 Å². The Balaban J connectivity index is 1.16. The van der Waals surface area contributed by atoms with Gasteiger partial charge in [0.2, 0.25) is 6.79 Å². The first kappa shape index (κ1) is 18.6. The summed E-state index contributed by atoms with van der Waals surface area (Å²) < 4.78 is 10.7. The fourth-order valence-corrected chi connectivity index (χ4v) is 3.67. The maximum atomic E-state index is 12.5. The Morgan fingerprint density at radius 1 is 0.929 bits per heavy atom. The Labute approximate surface area is 166 Å². The van der Waals surface area contributed by atoms with Crippen LogP contribution in [0.25, 0.3) is 0 Å². The number of carbonyl (C=O) groups is 1. The number of ether oxygens (including phenoxy) is 2. The summed E-state index contributed by atoms with van der Waals surface area (Å²) in [5, 5.41) is 3.01. The molecule has 2 heterocycles. The highest BCUT2D eigenvalue weighted by Crippen LogP contribution is 2.32. The highest BCUT2D eigenvalue weighted by molar-refractivity contribution is 5.74. The second-order valence-electron chi connectivity index (χ2n) is 7.26. The lowest BCUT2D eigenvalue weighted by Crippen LogP contribution is -2.51. The van der Waals surface area contributed by atoms with Crippen LogP contribution in [0.4, 0.5) is 4.79 Å². The molecule has 0 radical (unpaired) electrons. The molecule has 0 aliphatic carbocycles. The quantitative estimate of drug-likeness (QED) is 0.836. The SMILES string of the molecule is O=C(NCc1ccc2c(c1)OCO2)N1CCN(CCCc2ccccc2)CC1. The van der Waals surface area contributed by atoms with E-state index in [0.29, 0.717) is 6.54 Å². The number of urea groups is 1. The fraction of sp³-hybridized carbons (Fsp3) is 0.409. The van der Waals surface area contributed by atoms with Crippen molar-refractivity contribution in [1.29, 1.82) is 0 Å². The van der Waals surface area contributed by atoms with Crippen LogP contribution in [0.2, 0.25) is 0 Å². The van der Waals surface area contributed by atoms with Gasteiger partial charge >= 0.3 is 6.03 Å². The van der Waals surface area contributed by atoms with Crippen molar-refractivity contribution in [3.63, 3.8) is 0 Å². The molecule has 2 aliphatic rings. The van der Waals surface area contributed by atoms with Gasteiger partial charge in [0, 0.05) is 32.7 Å². The van der Waals surface area contributed by atoms with Gasteiger partial charge in [0.05, 0.1) is 0 Å². The molecule has 0 unspecified atom stereocenters. The molecule has 0 atom stereocenters. The molecular weight excluding hydrogens is 354 g/mol. The Hall–Kier alpha value is -2.73. The van der Waals surface area contributed by atoms with Gasteiger partial charge < -0.3 is 19.7 Å². The molecule has 1 fully saturated rings. The van der Waals surface area contributed by atoms with Crippen LogP contribution in [0.1, 0.15) is 17.5 Å². The van der Waals surface area contributed by atoms with Crippen LogP contribution < -0.4 is 14.8 Å². The summed E-state index contributed by atoms with van der Waals surface area (Å²) in [4.78, 5) is 16.8. The number of hydrogen-bond donors (Lipinski definition) is 1. The molecule has 0 saturated carbocycles. The number of nitrogens with zero attached hydrogens (tertiary/aromatic N) is 2. The summed E-state index contributed by atoms with van der Waals surface area (Å²) >= 11 is 0. The lowest BCUT2D eigenvalue weighted by molar-refractivity contribution is 0.138. The van der Waals surface area contributed by atoms with E-state index in [1.165, 1.54) is 5.56 Å². The van der Waals surface area contributed by atoms with Crippen molar-refractivity contribution in [3.8, 4) is 11.5 Å². The zero-order chi connectivity index (χ0) is 19.2. The van der Waals surface area contributed by atoms with Crippen molar-refractivity contribution in [2.24, 2.45) is 0 Å². The highest BCUT2D eigenvalue weighted by atomic mass is 16.7. The van der Waals surface area contributed by atoms with E-state index in [-0.39, 0.29) is 12.8 Å². The topological polar surface area (TPSA) is 54.0 Å². The third-order valence-electron chi connectivity index (χ3n) is 5.32. The molecule has 6 nitrogen and oxygen atoms in total. The first-order chi connectivity index (χ1) is 13.8. The van der Waals surface area contributed by atoms with Crippen LogP contribution in [-0.4, -0.2) is 55.3 Å². The normalized spacial score (nSPS) is 16.2. The van der Waals surface area contributed by atoms with Crippen molar-refractivity contribution in [2.75, 3.05) is 39.5 Å². The molecule has 2 aromatic carbocycles. The van der Waals surface area contributed by atoms with E-state index >= 15 is 0 Å². The van der Waals surface area contributed by atoms with Gasteiger partial charge in [-0.15, -0.1) is 0 Å². The maximum absolute atomic E-state index is 12.5. The third kappa shape index (κ3) is 4.75. The summed E-state index contributed by atoms with van der Waals surface area (Å²) in [5.74, 6) is 1.51. The van der Waals surface area contributed by atoms with Crippen LogP contribution in [0.5, 0.6) is 11.5 Å². The number of hydrogen-bond acceptors (Lipinski definition) is 4. The number of fused-ring (bicyclic) bond motifs is 1. The largest absolute Gasteiger partial charge is 0.454 e.